The Bertz CT molecular complexity index is 1370. The number of nitrogens with zero attached hydrogens (tertiary/aromatic N) is 1. The van der Waals surface area contributed by atoms with Crippen LogP contribution in [0.2, 0.25) is 0 Å². The first kappa shape index (κ1) is 20.5. The van der Waals surface area contributed by atoms with Crippen molar-refractivity contribution >= 4 is 10.8 Å². The number of rotatable bonds is 5. The zero-order valence-corrected chi connectivity index (χ0v) is 18.9. The number of fused-ring (bicyclic) bond motifs is 5. The third-order valence-corrected chi connectivity index (χ3v) is 6.13. The molecule has 4 nitrogen and oxygen atoms in total. The Hall–Kier alpha value is -3.37. The fourth-order valence-electron chi connectivity index (χ4n) is 4.72. The summed E-state index contributed by atoms with van der Waals surface area (Å²) in [6.45, 7) is 6.66. The molecule has 5 rings (SSSR count). The van der Waals surface area contributed by atoms with Crippen LogP contribution in [0.3, 0.4) is 0 Å². The maximum Gasteiger partial charge on any atom is 0.259 e. The van der Waals surface area contributed by atoms with Crippen molar-refractivity contribution in [3.63, 3.8) is 0 Å². The lowest BCUT2D eigenvalue weighted by Crippen LogP contribution is -2.24. The van der Waals surface area contributed by atoms with Crippen LogP contribution in [-0.2, 0) is 11.3 Å². The SMILES string of the molecule is COc1ccc(Cn2c3c(c4cc(C)ccc4c2=O)C(OC(C)C)c2ccccc2-3)cc1. The normalized spacial score (nSPS) is 14.6. The standard InChI is InChI=1S/C28H27NO3/c1-17(2)32-27-22-8-6-5-7-21(22)26-25(27)24-15-18(3)9-14-23(24)28(30)29(26)16-19-10-12-20(31-4)13-11-19/h5-15,17,27H,16H2,1-4H3. The Morgan fingerprint density at radius 3 is 2.44 bits per heavy atom. The van der Waals surface area contributed by atoms with Crippen LogP contribution in [0, 0.1) is 6.92 Å². The number of hydrogen-bond acceptors (Lipinski definition) is 3. The minimum absolute atomic E-state index is 0.0227. The van der Waals surface area contributed by atoms with Crippen molar-refractivity contribution in [2.75, 3.05) is 7.11 Å². The van der Waals surface area contributed by atoms with Gasteiger partial charge in [-0.1, -0.05) is 54.1 Å². The summed E-state index contributed by atoms with van der Waals surface area (Å²) in [6, 6.07) is 22.3. The van der Waals surface area contributed by atoms with E-state index in [0.29, 0.717) is 6.54 Å². The highest BCUT2D eigenvalue weighted by Gasteiger charge is 2.35. The van der Waals surface area contributed by atoms with Gasteiger partial charge < -0.3 is 14.0 Å². The Morgan fingerprint density at radius 1 is 0.969 bits per heavy atom. The van der Waals surface area contributed by atoms with Gasteiger partial charge in [0, 0.05) is 16.5 Å². The van der Waals surface area contributed by atoms with E-state index in [2.05, 4.69) is 39.0 Å². The summed E-state index contributed by atoms with van der Waals surface area (Å²) in [5.74, 6) is 0.802. The minimum atomic E-state index is -0.201. The molecule has 0 spiro atoms. The largest absolute Gasteiger partial charge is 0.497 e. The molecule has 162 valence electrons. The Kier molecular flexibility index (Phi) is 5.10. The van der Waals surface area contributed by atoms with Crippen LogP contribution in [0.1, 0.15) is 42.2 Å². The maximum absolute atomic E-state index is 13.8. The molecule has 0 fully saturated rings. The molecule has 3 aromatic carbocycles. The second-order valence-corrected chi connectivity index (χ2v) is 8.70. The molecule has 0 aliphatic heterocycles. The molecule has 1 atom stereocenters. The van der Waals surface area contributed by atoms with Crippen LogP contribution in [0.4, 0.5) is 0 Å². The van der Waals surface area contributed by atoms with E-state index in [1.165, 1.54) is 0 Å². The molecular weight excluding hydrogens is 398 g/mol. The molecule has 1 aliphatic carbocycles. The molecule has 32 heavy (non-hydrogen) atoms. The van der Waals surface area contributed by atoms with Gasteiger partial charge >= 0.3 is 0 Å². The van der Waals surface area contributed by atoms with E-state index in [-0.39, 0.29) is 17.8 Å². The predicted molar refractivity (Wildman–Crippen MR) is 129 cm³/mol. The Labute approximate surface area is 188 Å². The second kappa shape index (κ2) is 7.95. The van der Waals surface area contributed by atoms with Crippen LogP contribution >= 0.6 is 0 Å². The Balaban J connectivity index is 1.81. The number of methoxy groups -OCH3 is 1. The van der Waals surface area contributed by atoms with E-state index >= 15 is 0 Å². The molecule has 0 radical (unpaired) electrons. The number of ether oxygens (including phenoxy) is 2. The van der Waals surface area contributed by atoms with Crippen LogP contribution in [0.25, 0.3) is 22.0 Å². The summed E-state index contributed by atoms with van der Waals surface area (Å²) in [5.41, 5.74) is 6.44. The van der Waals surface area contributed by atoms with Crippen molar-refractivity contribution in [3.8, 4) is 17.0 Å². The van der Waals surface area contributed by atoms with Crippen LogP contribution < -0.4 is 10.3 Å². The van der Waals surface area contributed by atoms with Gasteiger partial charge in [0.2, 0.25) is 0 Å². The highest BCUT2D eigenvalue weighted by atomic mass is 16.5. The molecule has 0 amide bonds. The van der Waals surface area contributed by atoms with E-state index in [9.17, 15) is 4.79 Å². The van der Waals surface area contributed by atoms with E-state index in [1.807, 2.05) is 53.1 Å². The molecule has 4 heteroatoms. The van der Waals surface area contributed by atoms with Gasteiger partial charge in [-0.3, -0.25) is 4.79 Å². The smallest absolute Gasteiger partial charge is 0.259 e. The lowest BCUT2D eigenvalue weighted by Gasteiger charge is -2.21. The summed E-state index contributed by atoms with van der Waals surface area (Å²) in [4.78, 5) is 13.8. The molecule has 1 heterocycles. The first-order chi connectivity index (χ1) is 15.5. The number of aryl methyl sites for hydroxylation is 1. The van der Waals surface area contributed by atoms with E-state index in [1.54, 1.807) is 7.11 Å². The zero-order valence-electron chi connectivity index (χ0n) is 18.9. The topological polar surface area (TPSA) is 40.5 Å². The van der Waals surface area contributed by atoms with Gasteiger partial charge in [0.15, 0.2) is 0 Å². The second-order valence-electron chi connectivity index (χ2n) is 8.70. The van der Waals surface area contributed by atoms with Gasteiger partial charge in [0.25, 0.3) is 5.56 Å². The van der Waals surface area contributed by atoms with Crippen molar-refractivity contribution in [2.24, 2.45) is 0 Å². The quantitative estimate of drug-likeness (QED) is 0.402. The average molecular weight is 426 g/mol. The van der Waals surface area contributed by atoms with Gasteiger partial charge in [-0.05, 0) is 55.5 Å². The first-order valence-electron chi connectivity index (χ1n) is 11.0. The predicted octanol–water partition coefficient (Wildman–Crippen LogP) is 5.86. The number of hydrogen-bond donors (Lipinski definition) is 0. The van der Waals surface area contributed by atoms with Gasteiger partial charge in [0.05, 0.1) is 25.5 Å². The van der Waals surface area contributed by atoms with Crippen LogP contribution in [0.15, 0.2) is 71.5 Å². The third-order valence-electron chi connectivity index (χ3n) is 6.13. The van der Waals surface area contributed by atoms with Gasteiger partial charge in [-0.2, -0.15) is 0 Å². The van der Waals surface area contributed by atoms with Gasteiger partial charge in [-0.15, -0.1) is 0 Å². The van der Waals surface area contributed by atoms with Crippen molar-refractivity contribution in [1.29, 1.82) is 0 Å². The van der Waals surface area contributed by atoms with Crippen molar-refractivity contribution in [3.05, 3.63) is 99.3 Å². The summed E-state index contributed by atoms with van der Waals surface area (Å²) in [6.07, 6.45) is -0.144. The maximum atomic E-state index is 13.8. The van der Waals surface area contributed by atoms with E-state index in [4.69, 9.17) is 9.47 Å². The first-order valence-corrected chi connectivity index (χ1v) is 11.0. The van der Waals surface area contributed by atoms with Crippen molar-refractivity contribution in [2.45, 2.75) is 39.5 Å². The minimum Gasteiger partial charge on any atom is -0.497 e. The average Bonchev–Trinajstić information content (AvgIpc) is 3.11. The number of aromatic nitrogens is 1. The van der Waals surface area contributed by atoms with E-state index in [0.717, 1.165) is 50.0 Å². The lowest BCUT2D eigenvalue weighted by atomic mass is 9.99. The number of pyridine rings is 1. The molecule has 1 unspecified atom stereocenters. The van der Waals surface area contributed by atoms with Crippen molar-refractivity contribution in [1.82, 2.24) is 4.57 Å². The molecule has 0 N–H and O–H groups in total. The Morgan fingerprint density at radius 2 is 1.72 bits per heavy atom. The molecule has 4 aromatic rings. The zero-order chi connectivity index (χ0) is 22.4. The lowest BCUT2D eigenvalue weighted by molar-refractivity contribution is 0.0334. The monoisotopic (exact) mass is 425 g/mol. The molecule has 0 saturated carbocycles. The molecular formula is C28H27NO3. The fraction of sp³-hybridized carbons (Fsp3) is 0.250. The van der Waals surface area contributed by atoms with Crippen molar-refractivity contribution < 1.29 is 9.47 Å². The third kappa shape index (κ3) is 3.32. The fourth-order valence-corrected chi connectivity index (χ4v) is 4.72. The highest BCUT2D eigenvalue weighted by Crippen LogP contribution is 2.48. The van der Waals surface area contributed by atoms with Crippen LogP contribution in [0.5, 0.6) is 5.75 Å². The molecule has 1 aliphatic rings. The molecule has 0 saturated heterocycles. The number of benzene rings is 3. The van der Waals surface area contributed by atoms with Crippen LogP contribution in [-0.4, -0.2) is 17.8 Å². The summed E-state index contributed by atoms with van der Waals surface area (Å²) < 4.78 is 13.7. The molecule has 0 bridgehead atoms. The highest BCUT2D eigenvalue weighted by molar-refractivity contribution is 5.94. The van der Waals surface area contributed by atoms with E-state index < -0.39 is 0 Å². The van der Waals surface area contributed by atoms with Gasteiger partial charge in [0.1, 0.15) is 11.9 Å². The summed E-state index contributed by atoms with van der Waals surface area (Å²) >= 11 is 0. The summed E-state index contributed by atoms with van der Waals surface area (Å²) in [5, 5.41) is 1.71. The molecule has 1 aromatic heterocycles. The van der Waals surface area contributed by atoms with Gasteiger partial charge in [-0.25, -0.2) is 0 Å². The summed E-state index contributed by atoms with van der Waals surface area (Å²) in [7, 11) is 1.66.